The molecule has 2 heterocycles. The molecule has 0 aromatic carbocycles. The Balaban J connectivity index is 2.07. The molecule has 0 N–H and O–H groups in total. The number of anilines is 2. The number of aromatic nitrogens is 1. The van der Waals surface area contributed by atoms with Crippen LogP contribution in [0.1, 0.15) is 26.7 Å². The van der Waals surface area contributed by atoms with Crippen molar-refractivity contribution in [2.45, 2.75) is 26.7 Å². The lowest BCUT2D eigenvalue weighted by molar-refractivity contribution is 0.866. The van der Waals surface area contributed by atoms with Crippen molar-refractivity contribution in [2.24, 2.45) is 0 Å². The lowest BCUT2D eigenvalue weighted by Gasteiger charge is -2.20. The van der Waals surface area contributed by atoms with E-state index < -0.39 is 0 Å². The highest BCUT2D eigenvalue weighted by atomic mass is 32.1. The number of nitrogens with zero attached hydrogens (tertiary/aromatic N) is 3. The van der Waals surface area contributed by atoms with Gasteiger partial charge in [0.25, 0.3) is 0 Å². The first kappa shape index (κ1) is 12.4. The van der Waals surface area contributed by atoms with Crippen LogP contribution in [0.3, 0.4) is 0 Å². The number of hydrogen-bond donors (Lipinski definition) is 0. The Labute approximate surface area is 108 Å². The van der Waals surface area contributed by atoms with Crippen molar-refractivity contribution in [1.82, 2.24) is 4.98 Å². The summed E-state index contributed by atoms with van der Waals surface area (Å²) < 4.78 is 0. The van der Waals surface area contributed by atoms with E-state index in [4.69, 9.17) is 4.98 Å². The van der Waals surface area contributed by atoms with Crippen LogP contribution in [0.4, 0.5) is 10.9 Å². The minimum atomic E-state index is 0.906. The summed E-state index contributed by atoms with van der Waals surface area (Å²) in [6, 6.07) is 0. The van der Waals surface area contributed by atoms with Crippen LogP contribution in [-0.2, 0) is 0 Å². The van der Waals surface area contributed by atoms with Crippen molar-refractivity contribution < 1.29 is 0 Å². The molecule has 1 aromatic rings. The largest absolute Gasteiger partial charge is 0.356 e. The standard InChI is InChI=1S/C13H21N3S/c1-4-15(9-11(2)3)13-14-12(10-17-13)16-7-5-6-8-16/h10H,2,4-9H2,1,3H3. The molecule has 0 bridgehead atoms. The Hall–Kier alpha value is -1.03. The molecule has 4 heteroatoms. The van der Waals surface area contributed by atoms with Crippen LogP contribution >= 0.6 is 11.3 Å². The van der Waals surface area contributed by atoms with Gasteiger partial charge in [0.2, 0.25) is 0 Å². The molecule has 3 nitrogen and oxygen atoms in total. The summed E-state index contributed by atoms with van der Waals surface area (Å²) in [7, 11) is 0. The highest BCUT2D eigenvalue weighted by Crippen LogP contribution is 2.28. The Morgan fingerprint density at radius 3 is 2.82 bits per heavy atom. The molecule has 1 aliphatic heterocycles. The average molecular weight is 251 g/mol. The van der Waals surface area contributed by atoms with Gasteiger partial charge in [0.1, 0.15) is 5.82 Å². The second-order valence-electron chi connectivity index (χ2n) is 4.65. The third-order valence-electron chi connectivity index (χ3n) is 3.02. The van der Waals surface area contributed by atoms with Crippen molar-refractivity contribution in [3.8, 4) is 0 Å². The maximum absolute atomic E-state index is 4.75. The fourth-order valence-electron chi connectivity index (χ4n) is 2.13. The summed E-state index contributed by atoms with van der Waals surface area (Å²) in [6.45, 7) is 12.4. The first-order chi connectivity index (χ1) is 8.20. The van der Waals surface area contributed by atoms with E-state index in [-0.39, 0.29) is 0 Å². The van der Waals surface area contributed by atoms with Crippen molar-refractivity contribution >= 4 is 22.3 Å². The second kappa shape index (κ2) is 5.54. The van der Waals surface area contributed by atoms with Gasteiger partial charge in [0.05, 0.1) is 0 Å². The SMILES string of the molecule is C=C(C)CN(CC)c1nc(N2CCCC2)cs1. The van der Waals surface area contributed by atoms with Gasteiger partial charge in [-0.05, 0) is 26.7 Å². The van der Waals surface area contributed by atoms with E-state index in [1.807, 2.05) is 0 Å². The summed E-state index contributed by atoms with van der Waals surface area (Å²) in [6.07, 6.45) is 2.60. The highest BCUT2D eigenvalue weighted by molar-refractivity contribution is 7.14. The zero-order chi connectivity index (χ0) is 12.3. The molecule has 0 unspecified atom stereocenters. The minimum absolute atomic E-state index is 0.906. The van der Waals surface area contributed by atoms with E-state index in [9.17, 15) is 0 Å². The summed E-state index contributed by atoms with van der Waals surface area (Å²) >= 11 is 1.74. The summed E-state index contributed by atoms with van der Waals surface area (Å²) in [5, 5.41) is 3.30. The molecule has 1 fully saturated rings. The maximum atomic E-state index is 4.75. The molecule has 0 aliphatic carbocycles. The van der Waals surface area contributed by atoms with Crippen molar-refractivity contribution in [3.63, 3.8) is 0 Å². The smallest absolute Gasteiger partial charge is 0.187 e. The van der Waals surface area contributed by atoms with Crippen LogP contribution in [0, 0.1) is 0 Å². The second-order valence-corrected chi connectivity index (χ2v) is 5.49. The Bertz CT molecular complexity index is 380. The number of likely N-dealkylation sites (N-methyl/N-ethyl adjacent to an activating group) is 1. The number of rotatable bonds is 5. The van der Waals surface area contributed by atoms with Gasteiger partial charge < -0.3 is 9.80 Å². The van der Waals surface area contributed by atoms with Crippen molar-refractivity contribution in [3.05, 3.63) is 17.5 Å². The van der Waals surface area contributed by atoms with Gasteiger partial charge >= 0.3 is 0 Å². The number of thiazole rings is 1. The van der Waals surface area contributed by atoms with Crippen molar-refractivity contribution in [1.29, 1.82) is 0 Å². The minimum Gasteiger partial charge on any atom is -0.356 e. The van der Waals surface area contributed by atoms with Crippen LogP contribution in [0.25, 0.3) is 0 Å². The van der Waals surface area contributed by atoms with E-state index in [0.717, 1.165) is 37.1 Å². The molecular weight excluding hydrogens is 230 g/mol. The molecule has 1 aliphatic rings. The molecule has 0 atom stereocenters. The average Bonchev–Trinajstić information content (AvgIpc) is 2.95. The molecule has 0 radical (unpaired) electrons. The summed E-state index contributed by atoms with van der Waals surface area (Å²) in [5.74, 6) is 1.16. The van der Waals surface area contributed by atoms with Crippen LogP contribution < -0.4 is 9.80 Å². The quantitative estimate of drug-likeness (QED) is 0.749. The van der Waals surface area contributed by atoms with Gasteiger partial charge in [-0.1, -0.05) is 12.2 Å². The summed E-state index contributed by atoms with van der Waals surface area (Å²) in [5.41, 5.74) is 1.18. The van der Waals surface area contributed by atoms with Crippen LogP contribution in [0.2, 0.25) is 0 Å². The maximum Gasteiger partial charge on any atom is 0.187 e. The molecule has 1 saturated heterocycles. The van der Waals surface area contributed by atoms with E-state index in [0.29, 0.717) is 0 Å². The fraction of sp³-hybridized carbons (Fsp3) is 0.615. The van der Waals surface area contributed by atoms with E-state index >= 15 is 0 Å². The first-order valence-corrected chi connectivity index (χ1v) is 7.18. The van der Waals surface area contributed by atoms with E-state index in [1.165, 1.54) is 18.4 Å². The molecule has 0 spiro atoms. The number of hydrogen-bond acceptors (Lipinski definition) is 4. The predicted molar refractivity (Wildman–Crippen MR) is 76.3 cm³/mol. The van der Waals surface area contributed by atoms with Gasteiger partial charge in [-0.15, -0.1) is 11.3 Å². The molecule has 0 amide bonds. The van der Waals surface area contributed by atoms with Crippen LogP contribution in [-0.4, -0.2) is 31.2 Å². The Kier molecular flexibility index (Phi) is 4.05. The lowest BCUT2D eigenvalue weighted by Crippen LogP contribution is -2.24. The third-order valence-corrected chi connectivity index (χ3v) is 3.91. The lowest BCUT2D eigenvalue weighted by atomic mass is 10.3. The van der Waals surface area contributed by atoms with Gasteiger partial charge in [-0.25, -0.2) is 4.98 Å². The van der Waals surface area contributed by atoms with E-state index in [2.05, 4.69) is 35.6 Å². The van der Waals surface area contributed by atoms with Gasteiger partial charge in [-0.3, -0.25) is 0 Å². The predicted octanol–water partition coefficient (Wildman–Crippen LogP) is 3.15. The summed E-state index contributed by atoms with van der Waals surface area (Å²) in [4.78, 5) is 9.41. The van der Waals surface area contributed by atoms with E-state index in [1.54, 1.807) is 11.3 Å². The zero-order valence-corrected chi connectivity index (χ0v) is 11.6. The normalized spacial score (nSPS) is 15.3. The Morgan fingerprint density at radius 2 is 2.24 bits per heavy atom. The van der Waals surface area contributed by atoms with Gasteiger partial charge in [0.15, 0.2) is 5.13 Å². The fourth-order valence-corrected chi connectivity index (χ4v) is 3.03. The van der Waals surface area contributed by atoms with Crippen molar-refractivity contribution in [2.75, 3.05) is 36.0 Å². The molecular formula is C13H21N3S. The van der Waals surface area contributed by atoms with Crippen LogP contribution in [0.15, 0.2) is 17.5 Å². The van der Waals surface area contributed by atoms with Crippen LogP contribution in [0.5, 0.6) is 0 Å². The van der Waals surface area contributed by atoms with Gasteiger partial charge in [0, 0.05) is 31.6 Å². The Morgan fingerprint density at radius 1 is 1.53 bits per heavy atom. The third kappa shape index (κ3) is 3.00. The first-order valence-electron chi connectivity index (χ1n) is 6.30. The molecule has 94 valence electrons. The topological polar surface area (TPSA) is 19.4 Å². The monoisotopic (exact) mass is 251 g/mol. The molecule has 17 heavy (non-hydrogen) atoms. The molecule has 2 rings (SSSR count). The zero-order valence-electron chi connectivity index (χ0n) is 10.8. The van der Waals surface area contributed by atoms with Gasteiger partial charge in [-0.2, -0.15) is 0 Å². The molecule has 0 saturated carbocycles. The highest BCUT2D eigenvalue weighted by Gasteiger charge is 2.17. The molecule has 1 aromatic heterocycles.